The van der Waals surface area contributed by atoms with Crippen LogP contribution in [0.2, 0.25) is 0 Å². The minimum atomic E-state index is -0.783. The van der Waals surface area contributed by atoms with Crippen LogP contribution in [0.5, 0.6) is 11.6 Å². The lowest BCUT2D eigenvalue weighted by Gasteiger charge is -2.19. The smallest absolute Gasteiger partial charge is 0.303 e. The van der Waals surface area contributed by atoms with Crippen molar-refractivity contribution in [2.24, 2.45) is 5.92 Å². The predicted octanol–water partition coefficient (Wildman–Crippen LogP) is 7.24. The molecule has 2 saturated carbocycles. The van der Waals surface area contributed by atoms with Crippen LogP contribution in [0, 0.1) is 18.7 Å². The van der Waals surface area contributed by atoms with Crippen LogP contribution in [0.1, 0.15) is 80.5 Å². The van der Waals surface area contributed by atoms with Crippen molar-refractivity contribution in [3.63, 3.8) is 0 Å². The average molecular weight is 519 g/mol. The van der Waals surface area contributed by atoms with Crippen molar-refractivity contribution in [2.75, 3.05) is 0 Å². The maximum absolute atomic E-state index is 14.8. The number of carbonyl (C=O) groups is 1. The zero-order chi connectivity index (χ0) is 26.5. The van der Waals surface area contributed by atoms with Crippen LogP contribution >= 0.6 is 0 Å². The lowest BCUT2D eigenvalue weighted by molar-refractivity contribution is -0.137. The molecule has 0 radical (unpaired) electrons. The van der Waals surface area contributed by atoms with Gasteiger partial charge in [-0.25, -0.2) is 14.4 Å². The third-order valence-corrected chi connectivity index (χ3v) is 7.51. The number of aryl methyl sites for hydroxylation is 1. The molecule has 2 aliphatic rings. The number of aliphatic carboxylic acids is 1. The number of hydrogen-bond acceptors (Lipinski definition) is 5. The molecule has 2 fully saturated rings. The van der Waals surface area contributed by atoms with Crippen LogP contribution in [0.3, 0.4) is 0 Å². The number of nitrogens with zero attached hydrogens (tertiary/aromatic N) is 2. The summed E-state index contributed by atoms with van der Waals surface area (Å²) < 4.78 is 27.2. The third kappa shape index (κ3) is 6.69. The van der Waals surface area contributed by atoms with Crippen molar-refractivity contribution >= 4 is 5.97 Å². The van der Waals surface area contributed by atoms with Gasteiger partial charge in [0.05, 0.1) is 12.6 Å². The molecule has 3 aromatic rings. The monoisotopic (exact) mass is 518 g/mol. The number of benzene rings is 2. The first-order valence-electron chi connectivity index (χ1n) is 13.7. The number of aromatic nitrogens is 2. The molecule has 1 aromatic heterocycles. The summed E-state index contributed by atoms with van der Waals surface area (Å²) in [7, 11) is 0. The second-order valence-corrected chi connectivity index (χ2v) is 10.6. The summed E-state index contributed by atoms with van der Waals surface area (Å²) in [4.78, 5) is 20.7. The van der Waals surface area contributed by atoms with Crippen LogP contribution in [0.15, 0.2) is 48.7 Å². The van der Waals surface area contributed by atoms with Gasteiger partial charge in [-0.2, -0.15) is 0 Å². The summed E-state index contributed by atoms with van der Waals surface area (Å²) >= 11 is 0. The fourth-order valence-corrected chi connectivity index (χ4v) is 5.32. The molecule has 6 nitrogen and oxygen atoms in total. The highest BCUT2D eigenvalue weighted by Crippen LogP contribution is 2.45. The van der Waals surface area contributed by atoms with E-state index >= 15 is 0 Å². The third-order valence-electron chi connectivity index (χ3n) is 7.51. The first-order chi connectivity index (χ1) is 18.5. The molecule has 0 saturated heterocycles. The van der Waals surface area contributed by atoms with E-state index in [9.17, 15) is 14.3 Å². The molecule has 38 heavy (non-hydrogen) atoms. The number of rotatable bonds is 10. The van der Waals surface area contributed by atoms with Crippen molar-refractivity contribution in [3.05, 3.63) is 71.3 Å². The number of carboxylic acid groups (broad SMARTS) is 1. The molecular weight excluding hydrogens is 483 g/mol. The van der Waals surface area contributed by atoms with Crippen molar-refractivity contribution < 1.29 is 23.8 Å². The Kier molecular flexibility index (Phi) is 8.20. The highest BCUT2D eigenvalue weighted by atomic mass is 19.1. The van der Waals surface area contributed by atoms with E-state index in [1.165, 1.54) is 18.9 Å². The summed E-state index contributed by atoms with van der Waals surface area (Å²) in [6, 6.07) is 12.6. The topological polar surface area (TPSA) is 81.5 Å². The van der Waals surface area contributed by atoms with E-state index in [1.54, 1.807) is 18.3 Å². The summed E-state index contributed by atoms with van der Waals surface area (Å²) in [6.45, 7) is 2.09. The minimum absolute atomic E-state index is 0.000992. The van der Waals surface area contributed by atoms with Gasteiger partial charge in [-0.15, -0.1) is 0 Å². The molecule has 0 spiro atoms. The number of hydrogen-bond donors (Lipinski definition) is 1. The molecule has 2 aliphatic carbocycles. The minimum Gasteiger partial charge on any atom is -0.487 e. The number of halogens is 1. The summed E-state index contributed by atoms with van der Waals surface area (Å²) in [5.74, 6) is 0.272. The zero-order valence-corrected chi connectivity index (χ0v) is 21.9. The van der Waals surface area contributed by atoms with E-state index in [0.29, 0.717) is 34.5 Å². The molecule has 2 aromatic carbocycles. The Labute approximate surface area is 223 Å². The SMILES string of the molecule is Cc1ccc(F)c(-c2ncc(COc3cccc([C@@H](CC(=O)O)C4CC4)c3)nc2OC2CCCCCC2)c1. The van der Waals surface area contributed by atoms with Gasteiger partial charge in [0, 0.05) is 5.56 Å². The normalized spacial score (nSPS) is 17.0. The van der Waals surface area contributed by atoms with Crippen molar-refractivity contribution in [1.82, 2.24) is 9.97 Å². The van der Waals surface area contributed by atoms with Crippen LogP contribution in [0.25, 0.3) is 11.3 Å². The van der Waals surface area contributed by atoms with Crippen molar-refractivity contribution in [1.29, 1.82) is 0 Å². The van der Waals surface area contributed by atoms with Crippen LogP contribution in [-0.4, -0.2) is 27.1 Å². The van der Waals surface area contributed by atoms with Gasteiger partial charge in [0.25, 0.3) is 0 Å². The van der Waals surface area contributed by atoms with Gasteiger partial charge in [-0.3, -0.25) is 4.79 Å². The Morgan fingerprint density at radius 1 is 1.08 bits per heavy atom. The van der Waals surface area contributed by atoms with Gasteiger partial charge in [-0.05, 0) is 87.1 Å². The quantitative estimate of drug-likeness (QED) is 0.285. The molecule has 7 heteroatoms. The average Bonchev–Trinajstić information content (AvgIpc) is 3.76. The fourth-order valence-electron chi connectivity index (χ4n) is 5.32. The second kappa shape index (κ2) is 11.9. The molecule has 1 atom stereocenters. The first-order valence-corrected chi connectivity index (χ1v) is 13.7. The lowest BCUT2D eigenvalue weighted by Crippen LogP contribution is -2.17. The van der Waals surface area contributed by atoms with Gasteiger partial charge < -0.3 is 14.6 Å². The molecule has 0 amide bonds. The molecule has 5 rings (SSSR count). The standard InChI is InChI=1S/C31H35FN2O4/c1-20-11-14-28(32)27(15-20)30-31(38-24-8-4-2-3-5-9-24)34-23(18-33-30)19-37-25-10-6-7-22(16-25)26(17-29(35)36)21-12-13-21/h6-7,10-11,14-16,18,21,24,26H,2-5,8-9,12-13,17,19H2,1H3,(H,35,36)/t26-/m0/s1. The van der Waals surface area contributed by atoms with E-state index < -0.39 is 5.97 Å². The van der Waals surface area contributed by atoms with Crippen LogP contribution < -0.4 is 9.47 Å². The molecule has 0 unspecified atom stereocenters. The number of ether oxygens (including phenoxy) is 2. The fraction of sp³-hybridized carbons (Fsp3) is 0.452. The highest BCUT2D eigenvalue weighted by molar-refractivity contribution is 5.68. The Hall–Kier alpha value is -3.48. The Balaban J connectivity index is 1.37. The van der Waals surface area contributed by atoms with Gasteiger partial charge in [0.2, 0.25) is 5.88 Å². The summed E-state index contributed by atoms with van der Waals surface area (Å²) in [5.41, 5.74) is 3.29. The molecule has 200 valence electrons. The van der Waals surface area contributed by atoms with Crippen LogP contribution in [0.4, 0.5) is 4.39 Å². The molecule has 1 heterocycles. The largest absolute Gasteiger partial charge is 0.487 e. The molecule has 0 aliphatic heterocycles. The van der Waals surface area contributed by atoms with Gasteiger partial charge >= 0.3 is 5.97 Å². The maximum atomic E-state index is 14.8. The van der Waals surface area contributed by atoms with Gasteiger partial charge in [0.15, 0.2) is 0 Å². The number of carboxylic acids is 1. The van der Waals surface area contributed by atoms with Crippen LogP contribution in [-0.2, 0) is 11.4 Å². The zero-order valence-electron chi connectivity index (χ0n) is 21.9. The first kappa shape index (κ1) is 26.1. The second-order valence-electron chi connectivity index (χ2n) is 10.6. The van der Waals surface area contributed by atoms with E-state index in [0.717, 1.165) is 49.7 Å². The Bertz CT molecular complexity index is 1270. The van der Waals surface area contributed by atoms with E-state index in [4.69, 9.17) is 14.5 Å². The van der Waals surface area contributed by atoms with E-state index in [2.05, 4.69) is 4.98 Å². The van der Waals surface area contributed by atoms with Gasteiger partial charge in [0.1, 0.15) is 35.7 Å². The van der Waals surface area contributed by atoms with E-state index in [-0.39, 0.29) is 30.9 Å². The Morgan fingerprint density at radius 2 is 1.87 bits per heavy atom. The lowest BCUT2D eigenvalue weighted by atomic mass is 9.91. The van der Waals surface area contributed by atoms with Gasteiger partial charge in [-0.1, -0.05) is 36.6 Å². The van der Waals surface area contributed by atoms with Crippen molar-refractivity contribution in [2.45, 2.75) is 83.3 Å². The molecule has 0 bridgehead atoms. The van der Waals surface area contributed by atoms with Crippen molar-refractivity contribution in [3.8, 4) is 22.9 Å². The summed E-state index contributed by atoms with van der Waals surface area (Å²) in [6.07, 6.45) is 10.4. The maximum Gasteiger partial charge on any atom is 0.303 e. The van der Waals surface area contributed by atoms with E-state index in [1.807, 2.05) is 31.2 Å². The highest BCUT2D eigenvalue weighted by Gasteiger charge is 2.33. The molecule has 1 N–H and O–H groups in total. The predicted molar refractivity (Wildman–Crippen MR) is 143 cm³/mol. The summed E-state index contributed by atoms with van der Waals surface area (Å²) in [5, 5.41) is 9.36. The molecular formula is C31H35FN2O4. The Morgan fingerprint density at radius 3 is 2.61 bits per heavy atom.